The zero-order chi connectivity index (χ0) is 28.2. The lowest BCUT2D eigenvalue weighted by Gasteiger charge is -2.36. The van der Waals surface area contributed by atoms with Crippen LogP contribution in [0.2, 0.25) is 5.02 Å². The SMILES string of the molecule is CCOC(=O)C1Nc2cc(Cl)ccc2C1C(C(=O)NC(C)(C)C)N(C=O)Cc1ccc(-c2ccccc2)cc1. The lowest BCUT2D eigenvalue weighted by atomic mass is 9.85. The monoisotopic (exact) mass is 547 g/mol. The molecule has 8 heteroatoms. The van der Waals surface area contributed by atoms with Gasteiger partial charge in [0.25, 0.3) is 0 Å². The molecule has 39 heavy (non-hydrogen) atoms. The number of nitrogens with zero attached hydrogens (tertiary/aromatic N) is 1. The number of halogens is 1. The molecule has 0 saturated heterocycles. The molecule has 0 radical (unpaired) electrons. The predicted molar refractivity (Wildman–Crippen MR) is 153 cm³/mol. The fraction of sp³-hybridized carbons (Fsp3) is 0.323. The molecule has 1 aliphatic heterocycles. The Balaban J connectivity index is 1.73. The molecule has 4 rings (SSSR count). The zero-order valence-corrected chi connectivity index (χ0v) is 23.4. The minimum Gasteiger partial charge on any atom is -0.464 e. The van der Waals surface area contributed by atoms with Crippen molar-refractivity contribution < 1.29 is 19.1 Å². The molecule has 3 unspecified atom stereocenters. The zero-order valence-electron chi connectivity index (χ0n) is 22.6. The highest BCUT2D eigenvalue weighted by atomic mass is 35.5. The average molecular weight is 548 g/mol. The number of amides is 2. The summed E-state index contributed by atoms with van der Waals surface area (Å²) in [6, 6.07) is 21.2. The summed E-state index contributed by atoms with van der Waals surface area (Å²) in [5.41, 5.74) is 3.78. The summed E-state index contributed by atoms with van der Waals surface area (Å²) < 4.78 is 5.36. The summed E-state index contributed by atoms with van der Waals surface area (Å²) in [4.78, 5) is 41.0. The van der Waals surface area contributed by atoms with Crippen LogP contribution < -0.4 is 10.6 Å². The van der Waals surface area contributed by atoms with Gasteiger partial charge in [-0.2, -0.15) is 0 Å². The summed E-state index contributed by atoms with van der Waals surface area (Å²) in [7, 11) is 0. The molecular formula is C31H34ClN3O4. The highest BCUT2D eigenvalue weighted by Crippen LogP contribution is 2.42. The number of nitrogens with one attached hydrogen (secondary N) is 2. The first-order chi connectivity index (χ1) is 18.6. The van der Waals surface area contributed by atoms with Crippen molar-refractivity contribution in [1.82, 2.24) is 10.2 Å². The van der Waals surface area contributed by atoms with E-state index >= 15 is 0 Å². The van der Waals surface area contributed by atoms with Gasteiger partial charge in [0.05, 0.1) is 6.61 Å². The summed E-state index contributed by atoms with van der Waals surface area (Å²) >= 11 is 6.24. The Morgan fingerprint density at radius 3 is 2.33 bits per heavy atom. The van der Waals surface area contributed by atoms with Gasteiger partial charge in [0, 0.05) is 28.7 Å². The second-order valence-electron chi connectivity index (χ2n) is 10.7. The number of hydrogen-bond donors (Lipinski definition) is 2. The van der Waals surface area contributed by atoms with Gasteiger partial charge in [-0.25, -0.2) is 4.79 Å². The van der Waals surface area contributed by atoms with Gasteiger partial charge < -0.3 is 20.3 Å². The summed E-state index contributed by atoms with van der Waals surface area (Å²) in [5, 5.41) is 6.70. The van der Waals surface area contributed by atoms with E-state index in [0.717, 1.165) is 22.3 Å². The van der Waals surface area contributed by atoms with Gasteiger partial charge in [0.2, 0.25) is 12.3 Å². The minimum absolute atomic E-state index is 0.176. The molecule has 0 bridgehead atoms. The fourth-order valence-corrected chi connectivity index (χ4v) is 5.15. The average Bonchev–Trinajstić information content (AvgIpc) is 3.26. The standard InChI is InChI=1S/C31H34ClN3O4/c1-5-39-30(38)27-26(24-16-15-23(32)17-25(24)33-27)28(29(37)34-31(2,3)4)35(19-36)18-20-11-13-22(14-12-20)21-9-7-6-8-10-21/h6-17,19,26-28,33H,5,18H2,1-4H3,(H,34,37). The number of rotatable bonds is 9. The maximum atomic E-state index is 13.9. The van der Waals surface area contributed by atoms with E-state index in [-0.39, 0.29) is 19.1 Å². The largest absolute Gasteiger partial charge is 0.464 e. The van der Waals surface area contributed by atoms with Gasteiger partial charge in [-0.15, -0.1) is 0 Å². The number of carbonyl (C=O) groups excluding carboxylic acids is 3. The predicted octanol–water partition coefficient (Wildman–Crippen LogP) is 5.39. The van der Waals surface area contributed by atoms with Crippen molar-refractivity contribution in [3.63, 3.8) is 0 Å². The molecule has 0 fully saturated rings. The summed E-state index contributed by atoms with van der Waals surface area (Å²) in [6.45, 7) is 7.71. The third-order valence-corrected chi connectivity index (χ3v) is 6.85. The number of hydrogen-bond acceptors (Lipinski definition) is 5. The Bertz CT molecular complexity index is 1320. The van der Waals surface area contributed by atoms with Crippen molar-refractivity contribution in [3.05, 3.63) is 88.9 Å². The number of carbonyl (C=O) groups is 3. The van der Waals surface area contributed by atoms with Crippen LogP contribution >= 0.6 is 11.6 Å². The van der Waals surface area contributed by atoms with Gasteiger partial charge in [-0.05, 0) is 62.1 Å². The molecule has 0 aromatic heterocycles. The molecule has 3 aromatic carbocycles. The van der Waals surface area contributed by atoms with E-state index in [0.29, 0.717) is 17.1 Å². The third kappa shape index (κ3) is 6.60. The second-order valence-corrected chi connectivity index (χ2v) is 11.1. The lowest BCUT2D eigenvalue weighted by molar-refractivity contribution is -0.146. The van der Waals surface area contributed by atoms with Crippen LogP contribution in [0.5, 0.6) is 0 Å². The maximum Gasteiger partial charge on any atom is 0.329 e. The Hall–Kier alpha value is -3.84. The summed E-state index contributed by atoms with van der Waals surface area (Å²) in [5.74, 6) is -1.56. The van der Waals surface area contributed by atoms with Crippen LogP contribution in [0.4, 0.5) is 5.69 Å². The van der Waals surface area contributed by atoms with Crippen LogP contribution in [0.25, 0.3) is 11.1 Å². The van der Waals surface area contributed by atoms with E-state index in [1.54, 1.807) is 25.1 Å². The summed E-state index contributed by atoms with van der Waals surface area (Å²) in [6.07, 6.45) is 0.675. The molecule has 204 valence electrons. The lowest BCUT2D eigenvalue weighted by Crippen LogP contribution is -2.56. The quantitative estimate of drug-likeness (QED) is 0.277. The topological polar surface area (TPSA) is 87.7 Å². The van der Waals surface area contributed by atoms with E-state index in [1.165, 1.54) is 4.90 Å². The molecule has 1 aliphatic rings. The van der Waals surface area contributed by atoms with Gasteiger partial charge in [-0.3, -0.25) is 9.59 Å². The van der Waals surface area contributed by atoms with Gasteiger partial charge in [0.1, 0.15) is 12.1 Å². The van der Waals surface area contributed by atoms with Crippen LogP contribution in [0.15, 0.2) is 72.8 Å². The van der Waals surface area contributed by atoms with E-state index in [4.69, 9.17) is 16.3 Å². The number of ether oxygens (including phenoxy) is 1. The molecule has 1 heterocycles. The van der Waals surface area contributed by atoms with Gasteiger partial charge in [-0.1, -0.05) is 72.3 Å². The number of esters is 1. The molecule has 0 saturated carbocycles. The minimum atomic E-state index is -1.00. The first-order valence-electron chi connectivity index (χ1n) is 13.0. The Morgan fingerprint density at radius 2 is 1.72 bits per heavy atom. The van der Waals surface area contributed by atoms with Crippen LogP contribution in [-0.2, 0) is 25.7 Å². The molecule has 2 amide bonds. The normalized spacial score (nSPS) is 16.9. The molecule has 7 nitrogen and oxygen atoms in total. The smallest absolute Gasteiger partial charge is 0.329 e. The van der Waals surface area contributed by atoms with Gasteiger partial charge in [0.15, 0.2) is 0 Å². The third-order valence-electron chi connectivity index (χ3n) is 6.61. The number of anilines is 1. The van der Waals surface area contributed by atoms with Crippen molar-refractivity contribution in [2.24, 2.45) is 0 Å². The van der Waals surface area contributed by atoms with Crippen molar-refractivity contribution >= 4 is 35.6 Å². The first-order valence-corrected chi connectivity index (χ1v) is 13.4. The molecule has 0 spiro atoms. The molecule has 2 N–H and O–H groups in total. The van der Waals surface area contributed by atoms with Crippen LogP contribution in [0.3, 0.4) is 0 Å². The van der Waals surface area contributed by atoms with Crippen molar-refractivity contribution in [2.75, 3.05) is 11.9 Å². The van der Waals surface area contributed by atoms with E-state index < -0.39 is 29.5 Å². The number of benzene rings is 3. The molecule has 3 atom stereocenters. The van der Waals surface area contributed by atoms with Crippen LogP contribution in [-0.4, -0.2) is 47.4 Å². The maximum absolute atomic E-state index is 13.9. The van der Waals surface area contributed by atoms with Gasteiger partial charge >= 0.3 is 5.97 Å². The Labute approximate surface area is 234 Å². The highest BCUT2D eigenvalue weighted by Gasteiger charge is 2.48. The fourth-order valence-electron chi connectivity index (χ4n) is 4.98. The molecule has 3 aromatic rings. The van der Waals surface area contributed by atoms with E-state index in [2.05, 4.69) is 10.6 Å². The van der Waals surface area contributed by atoms with Crippen molar-refractivity contribution in [3.8, 4) is 11.1 Å². The van der Waals surface area contributed by atoms with E-state index in [9.17, 15) is 14.4 Å². The second kappa shape index (κ2) is 11.9. The van der Waals surface area contributed by atoms with Crippen molar-refractivity contribution in [2.45, 2.75) is 57.8 Å². The van der Waals surface area contributed by atoms with Crippen molar-refractivity contribution in [1.29, 1.82) is 0 Å². The van der Waals surface area contributed by atoms with Crippen LogP contribution in [0, 0.1) is 0 Å². The Morgan fingerprint density at radius 1 is 1.05 bits per heavy atom. The highest BCUT2D eigenvalue weighted by molar-refractivity contribution is 6.31. The Kier molecular flexibility index (Phi) is 8.60. The molecular weight excluding hydrogens is 514 g/mol. The van der Waals surface area contributed by atoms with Crippen LogP contribution in [0.1, 0.15) is 44.7 Å². The number of fused-ring (bicyclic) bond motifs is 1. The van der Waals surface area contributed by atoms with E-state index in [1.807, 2.05) is 75.4 Å². The first kappa shape index (κ1) is 28.2. The molecule has 0 aliphatic carbocycles.